The van der Waals surface area contributed by atoms with Crippen molar-refractivity contribution in [2.45, 2.75) is 29.7 Å². The Morgan fingerprint density at radius 2 is 2.04 bits per heavy atom. The summed E-state index contributed by atoms with van der Waals surface area (Å²) in [7, 11) is 0. The number of aromatic nitrogens is 1. The Bertz CT molecular complexity index is 874. The SMILES string of the molecule is O=C(O)c1cn2c3c(cc(F)cc3c1=O)SC(N1CCCC1)C2. The van der Waals surface area contributed by atoms with E-state index in [2.05, 4.69) is 4.90 Å². The van der Waals surface area contributed by atoms with E-state index in [4.69, 9.17) is 0 Å². The summed E-state index contributed by atoms with van der Waals surface area (Å²) >= 11 is 1.56. The zero-order chi connectivity index (χ0) is 16.1. The van der Waals surface area contributed by atoms with Gasteiger partial charge in [-0.15, -0.1) is 11.8 Å². The number of thioether (sulfide) groups is 1. The number of carboxylic acid groups (broad SMARTS) is 1. The Morgan fingerprint density at radius 1 is 1.30 bits per heavy atom. The summed E-state index contributed by atoms with van der Waals surface area (Å²) in [6.07, 6.45) is 3.69. The molecule has 4 rings (SSSR count). The first-order chi connectivity index (χ1) is 11.0. The number of pyridine rings is 1. The average molecular weight is 334 g/mol. The lowest BCUT2D eigenvalue weighted by atomic mass is 10.1. The van der Waals surface area contributed by atoms with Gasteiger partial charge in [0.2, 0.25) is 5.43 Å². The third-order valence-electron chi connectivity index (χ3n) is 4.50. The van der Waals surface area contributed by atoms with Crippen molar-refractivity contribution in [2.24, 2.45) is 0 Å². The van der Waals surface area contributed by atoms with Crippen LogP contribution in [0.2, 0.25) is 0 Å². The first kappa shape index (κ1) is 14.7. The molecular weight excluding hydrogens is 319 g/mol. The molecule has 2 aliphatic rings. The average Bonchev–Trinajstić information content (AvgIpc) is 3.03. The van der Waals surface area contributed by atoms with Gasteiger partial charge in [0, 0.05) is 17.6 Å². The largest absolute Gasteiger partial charge is 0.477 e. The number of aromatic carboxylic acids is 1. The van der Waals surface area contributed by atoms with Crippen LogP contribution in [0.5, 0.6) is 0 Å². The molecule has 2 aliphatic heterocycles. The summed E-state index contributed by atoms with van der Waals surface area (Å²) in [6, 6.07) is 2.58. The maximum Gasteiger partial charge on any atom is 0.341 e. The molecular formula is C16H15FN2O3S. The van der Waals surface area contributed by atoms with E-state index in [1.807, 2.05) is 0 Å². The Labute approximate surface area is 135 Å². The van der Waals surface area contributed by atoms with E-state index in [1.165, 1.54) is 12.3 Å². The van der Waals surface area contributed by atoms with Gasteiger partial charge in [0.15, 0.2) is 0 Å². The molecule has 1 N–H and O–H groups in total. The number of benzene rings is 1. The fourth-order valence-electron chi connectivity index (χ4n) is 3.43. The quantitative estimate of drug-likeness (QED) is 0.913. The molecule has 7 heteroatoms. The summed E-state index contributed by atoms with van der Waals surface area (Å²) in [5.74, 6) is -1.78. The van der Waals surface area contributed by atoms with E-state index < -0.39 is 17.2 Å². The molecule has 1 saturated heterocycles. The fraction of sp³-hybridized carbons (Fsp3) is 0.375. The molecule has 3 heterocycles. The van der Waals surface area contributed by atoms with Crippen LogP contribution in [-0.4, -0.2) is 39.0 Å². The highest BCUT2D eigenvalue weighted by molar-refractivity contribution is 8.00. The zero-order valence-corrected chi connectivity index (χ0v) is 13.1. The monoisotopic (exact) mass is 334 g/mol. The van der Waals surface area contributed by atoms with Crippen LogP contribution in [0.1, 0.15) is 23.2 Å². The highest BCUT2D eigenvalue weighted by Crippen LogP contribution is 2.38. The fourth-order valence-corrected chi connectivity index (χ4v) is 4.83. The summed E-state index contributed by atoms with van der Waals surface area (Å²) < 4.78 is 15.7. The van der Waals surface area contributed by atoms with Crippen LogP contribution in [0.25, 0.3) is 10.9 Å². The molecule has 0 radical (unpaired) electrons. The molecule has 1 aromatic carbocycles. The van der Waals surface area contributed by atoms with Crippen LogP contribution in [0, 0.1) is 5.82 Å². The minimum Gasteiger partial charge on any atom is -0.477 e. The van der Waals surface area contributed by atoms with Crippen molar-refractivity contribution in [3.05, 3.63) is 39.9 Å². The van der Waals surface area contributed by atoms with Crippen LogP contribution in [0.4, 0.5) is 4.39 Å². The Balaban J connectivity index is 1.93. The number of carbonyl (C=O) groups is 1. The van der Waals surface area contributed by atoms with E-state index in [9.17, 15) is 19.1 Å². The number of hydrogen-bond acceptors (Lipinski definition) is 4. The van der Waals surface area contributed by atoms with E-state index in [1.54, 1.807) is 16.3 Å². The molecule has 0 bridgehead atoms. The zero-order valence-electron chi connectivity index (χ0n) is 12.3. The topological polar surface area (TPSA) is 62.5 Å². The second-order valence-electron chi connectivity index (χ2n) is 5.95. The molecule has 0 spiro atoms. The van der Waals surface area contributed by atoms with Crippen molar-refractivity contribution in [3.63, 3.8) is 0 Å². The Hall–Kier alpha value is -1.86. The molecule has 2 aromatic rings. The van der Waals surface area contributed by atoms with Crippen molar-refractivity contribution in [2.75, 3.05) is 13.1 Å². The smallest absolute Gasteiger partial charge is 0.341 e. The van der Waals surface area contributed by atoms with E-state index in [-0.39, 0.29) is 16.3 Å². The van der Waals surface area contributed by atoms with Crippen molar-refractivity contribution >= 4 is 28.6 Å². The van der Waals surface area contributed by atoms with Gasteiger partial charge in [0.1, 0.15) is 11.4 Å². The molecule has 1 fully saturated rings. The highest BCUT2D eigenvalue weighted by Gasteiger charge is 2.30. The summed E-state index contributed by atoms with van der Waals surface area (Å²) in [5.41, 5.74) is -0.285. The molecule has 23 heavy (non-hydrogen) atoms. The van der Waals surface area contributed by atoms with Crippen molar-refractivity contribution in [3.8, 4) is 0 Å². The number of hydrogen-bond donors (Lipinski definition) is 1. The second kappa shape index (κ2) is 5.35. The van der Waals surface area contributed by atoms with Gasteiger partial charge in [-0.1, -0.05) is 0 Å². The standard InChI is InChI=1S/C16H15FN2O3S/c17-9-5-10-14-12(6-9)23-13(18-3-1-2-4-18)8-19(14)7-11(15(10)20)16(21)22/h5-7,13H,1-4,8H2,(H,21,22). The lowest BCUT2D eigenvalue weighted by molar-refractivity contribution is 0.0694. The molecule has 1 unspecified atom stereocenters. The Morgan fingerprint density at radius 3 is 2.74 bits per heavy atom. The highest BCUT2D eigenvalue weighted by atomic mass is 32.2. The van der Waals surface area contributed by atoms with E-state index in [0.29, 0.717) is 17.0 Å². The van der Waals surface area contributed by atoms with Gasteiger partial charge in [0.05, 0.1) is 16.3 Å². The first-order valence-corrected chi connectivity index (χ1v) is 8.43. The third kappa shape index (κ3) is 2.35. The van der Waals surface area contributed by atoms with Gasteiger partial charge < -0.3 is 9.67 Å². The van der Waals surface area contributed by atoms with Crippen LogP contribution in [0.15, 0.2) is 28.0 Å². The van der Waals surface area contributed by atoms with Crippen LogP contribution >= 0.6 is 11.8 Å². The maximum absolute atomic E-state index is 13.9. The molecule has 1 atom stereocenters. The lowest BCUT2D eigenvalue weighted by Crippen LogP contribution is -2.36. The van der Waals surface area contributed by atoms with Crippen molar-refractivity contribution in [1.82, 2.24) is 9.47 Å². The van der Waals surface area contributed by atoms with Gasteiger partial charge >= 0.3 is 5.97 Å². The van der Waals surface area contributed by atoms with Gasteiger partial charge in [-0.25, -0.2) is 9.18 Å². The number of rotatable bonds is 2. The van der Waals surface area contributed by atoms with Crippen LogP contribution in [-0.2, 0) is 6.54 Å². The molecule has 5 nitrogen and oxygen atoms in total. The molecule has 0 saturated carbocycles. The molecule has 0 amide bonds. The van der Waals surface area contributed by atoms with E-state index in [0.717, 1.165) is 32.0 Å². The minimum absolute atomic E-state index is 0.138. The molecule has 1 aromatic heterocycles. The van der Waals surface area contributed by atoms with E-state index >= 15 is 0 Å². The van der Waals surface area contributed by atoms with Crippen molar-refractivity contribution < 1.29 is 14.3 Å². The first-order valence-electron chi connectivity index (χ1n) is 7.55. The molecule has 0 aliphatic carbocycles. The number of carboxylic acids is 1. The van der Waals surface area contributed by atoms with Gasteiger partial charge in [-0.05, 0) is 38.1 Å². The predicted octanol–water partition coefficient (Wildman–Crippen LogP) is 2.37. The van der Waals surface area contributed by atoms with Gasteiger partial charge in [0.25, 0.3) is 0 Å². The Kier molecular flexibility index (Phi) is 3.42. The van der Waals surface area contributed by atoms with Gasteiger partial charge in [-0.2, -0.15) is 0 Å². The maximum atomic E-state index is 13.9. The van der Waals surface area contributed by atoms with Crippen LogP contribution < -0.4 is 5.43 Å². The minimum atomic E-state index is -1.28. The van der Waals surface area contributed by atoms with Crippen molar-refractivity contribution in [1.29, 1.82) is 0 Å². The lowest BCUT2D eigenvalue weighted by Gasteiger charge is -2.33. The van der Waals surface area contributed by atoms with Crippen LogP contribution in [0.3, 0.4) is 0 Å². The third-order valence-corrected chi connectivity index (χ3v) is 5.78. The summed E-state index contributed by atoms with van der Waals surface area (Å²) in [5, 5.41) is 9.54. The predicted molar refractivity (Wildman–Crippen MR) is 85.6 cm³/mol. The second-order valence-corrected chi connectivity index (χ2v) is 7.16. The number of likely N-dealkylation sites (tertiary alicyclic amines) is 1. The number of halogens is 1. The number of nitrogens with zero attached hydrogens (tertiary/aromatic N) is 2. The van der Waals surface area contributed by atoms with Gasteiger partial charge in [-0.3, -0.25) is 9.69 Å². The summed E-state index contributed by atoms with van der Waals surface area (Å²) in [4.78, 5) is 26.7. The summed E-state index contributed by atoms with van der Waals surface area (Å²) in [6.45, 7) is 2.59. The molecule has 120 valence electrons. The normalized spacial score (nSPS) is 21.0.